The van der Waals surface area contributed by atoms with Crippen LogP contribution < -0.4 is 10.6 Å². The Balaban J connectivity index is 1.76. The lowest BCUT2D eigenvalue weighted by Crippen LogP contribution is -2.36. The first kappa shape index (κ1) is 18.6. The summed E-state index contributed by atoms with van der Waals surface area (Å²) in [6, 6.07) is 6.65. The van der Waals surface area contributed by atoms with E-state index in [9.17, 15) is 13.2 Å². The fourth-order valence-electron chi connectivity index (χ4n) is 2.71. The van der Waals surface area contributed by atoms with Gasteiger partial charge >= 0.3 is 0 Å². The summed E-state index contributed by atoms with van der Waals surface area (Å²) in [5.74, 6) is -0.0750. The van der Waals surface area contributed by atoms with E-state index in [0.29, 0.717) is 22.8 Å². The molecule has 1 aromatic carbocycles. The zero-order chi connectivity index (χ0) is 18.9. The number of hydrogen-bond acceptors (Lipinski definition) is 6. The van der Waals surface area contributed by atoms with E-state index in [0.717, 1.165) is 5.56 Å². The van der Waals surface area contributed by atoms with Crippen molar-refractivity contribution in [1.29, 1.82) is 0 Å². The molecule has 1 aliphatic heterocycles. The third-order valence-corrected chi connectivity index (χ3v) is 6.26. The van der Waals surface area contributed by atoms with Crippen molar-refractivity contribution in [2.45, 2.75) is 26.3 Å². The van der Waals surface area contributed by atoms with E-state index in [-0.39, 0.29) is 29.2 Å². The van der Waals surface area contributed by atoms with Crippen molar-refractivity contribution in [3.05, 3.63) is 46.2 Å². The highest BCUT2D eigenvalue weighted by Crippen LogP contribution is 2.22. The van der Waals surface area contributed by atoms with Gasteiger partial charge in [0, 0.05) is 22.4 Å². The summed E-state index contributed by atoms with van der Waals surface area (Å²) >= 11 is 6.12. The van der Waals surface area contributed by atoms with Gasteiger partial charge in [0.25, 0.3) is 5.91 Å². The smallest absolute Gasteiger partial charge is 0.270 e. The minimum absolute atomic E-state index is 0.0320. The fourth-order valence-corrected chi connectivity index (χ4v) is 4.56. The Kier molecular flexibility index (Phi) is 5.15. The molecule has 2 N–H and O–H groups in total. The van der Waals surface area contributed by atoms with Gasteiger partial charge in [-0.2, -0.15) is 0 Å². The average molecular weight is 395 g/mol. The van der Waals surface area contributed by atoms with Crippen LogP contribution in [0.15, 0.2) is 24.3 Å². The van der Waals surface area contributed by atoms with Crippen LogP contribution in [0, 0.1) is 13.8 Å². The standard InChI is InChI=1S/C17H19ClN4O3S/c1-10-3-4-12(8-14(10)18)21-17-19-11(2)7-15(22-17)16(23)20-13-5-6-26(24,25)9-13/h3-4,7-8,13H,5-6,9H2,1-2H3,(H,20,23)(H,19,21,22). The molecule has 7 nitrogen and oxygen atoms in total. The molecule has 2 aromatic rings. The van der Waals surface area contributed by atoms with Crippen molar-refractivity contribution >= 4 is 39.0 Å². The molecule has 0 saturated carbocycles. The van der Waals surface area contributed by atoms with E-state index in [1.165, 1.54) is 0 Å². The van der Waals surface area contributed by atoms with Crippen molar-refractivity contribution in [1.82, 2.24) is 15.3 Å². The largest absolute Gasteiger partial charge is 0.347 e. The predicted molar refractivity (Wildman–Crippen MR) is 101 cm³/mol. The lowest BCUT2D eigenvalue weighted by atomic mass is 10.2. The molecular weight excluding hydrogens is 376 g/mol. The summed E-state index contributed by atoms with van der Waals surface area (Å²) in [5, 5.41) is 6.37. The van der Waals surface area contributed by atoms with E-state index in [1.54, 1.807) is 19.1 Å². The van der Waals surface area contributed by atoms with Crippen LogP contribution in [0.4, 0.5) is 11.6 Å². The maximum absolute atomic E-state index is 12.4. The summed E-state index contributed by atoms with van der Waals surface area (Å²) in [7, 11) is -3.06. The van der Waals surface area contributed by atoms with Crippen LogP contribution in [-0.2, 0) is 9.84 Å². The maximum atomic E-state index is 12.4. The van der Waals surface area contributed by atoms with E-state index in [2.05, 4.69) is 20.6 Å². The summed E-state index contributed by atoms with van der Waals surface area (Å²) in [4.78, 5) is 20.9. The Bertz CT molecular complexity index is 962. The van der Waals surface area contributed by atoms with Gasteiger partial charge in [0.2, 0.25) is 5.95 Å². The van der Waals surface area contributed by atoms with Gasteiger partial charge in [-0.3, -0.25) is 4.79 Å². The minimum atomic E-state index is -3.06. The molecule has 1 unspecified atom stereocenters. The molecule has 0 aliphatic carbocycles. The Morgan fingerprint density at radius 2 is 2.00 bits per heavy atom. The van der Waals surface area contributed by atoms with Crippen LogP contribution in [0.3, 0.4) is 0 Å². The Morgan fingerprint density at radius 3 is 2.65 bits per heavy atom. The number of carbonyl (C=O) groups is 1. The molecule has 9 heteroatoms. The second kappa shape index (κ2) is 7.20. The van der Waals surface area contributed by atoms with Crippen LogP contribution >= 0.6 is 11.6 Å². The van der Waals surface area contributed by atoms with Crippen LogP contribution in [0.5, 0.6) is 0 Å². The molecule has 1 fully saturated rings. The SMILES string of the molecule is Cc1cc(C(=O)NC2CCS(=O)(=O)C2)nc(Nc2ccc(C)c(Cl)c2)n1. The summed E-state index contributed by atoms with van der Waals surface area (Å²) in [6.07, 6.45) is 0.422. The Labute approximate surface area is 157 Å². The lowest BCUT2D eigenvalue weighted by molar-refractivity contribution is 0.0936. The highest BCUT2D eigenvalue weighted by molar-refractivity contribution is 7.91. The van der Waals surface area contributed by atoms with Crippen molar-refractivity contribution < 1.29 is 13.2 Å². The number of hydrogen-bond donors (Lipinski definition) is 2. The first-order chi connectivity index (χ1) is 12.2. The first-order valence-corrected chi connectivity index (χ1v) is 10.3. The number of anilines is 2. The quantitative estimate of drug-likeness (QED) is 0.825. The zero-order valence-corrected chi connectivity index (χ0v) is 16.0. The van der Waals surface area contributed by atoms with E-state index >= 15 is 0 Å². The molecule has 138 valence electrons. The van der Waals surface area contributed by atoms with Gasteiger partial charge in [-0.05, 0) is 44.0 Å². The summed E-state index contributed by atoms with van der Waals surface area (Å²) in [5.41, 5.74) is 2.46. The number of rotatable bonds is 4. The van der Waals surface area contributed by atoms with E-state index in [4.69, 9.17) is 11.6 Å². The number of carbonyl (C=O) groups excluding carboxylic acids is 1. The fraction of sp³-hybridized carbons (Fsp3) is 0.353. The zero-order valence-electron chi connectivity index (χ0n) is 14.4. The summed E-state index contributed by atoms with van der Waals surface area (Å²) in [6.45, 7) is 3.66. The van der Waals surface area contributed by atoms with Gasteiger partial charge in [-0.15, -0.1) is 0 Å². The molecular formula is C17H19ClN4O3S. The van der Waals surface area contributed by atoms with Gasteiger partial charge in [0.1, 0.15) is 5.69 Å². The number of nitrogens with zero attached hydrogens (tertiary/aromatic N) is 2. The van der Waals surface area contributed by atoms with E-state index < -0.39 is 15.7 Å². The van der Waals surface area contributed by atoms with E-state index in [1.807, 2.05) is 19.1 Å². The van der Waals surface area contributed by atoms with Crippen LogP contribution in [0.25, 0.3) is 0 Å². The Morgan fingerprint density at radius 1 is 1.23 bits per heavy atom. The predicted octanol–water partition coefficient (Wildman–Crippen LogP) is 2.41. The van der Waals surface area contributed by atoms with Gasteiger partial charge in [-0.1, -0.05) is 17.7 Å². The number of aryl methyl sites for hydroxylation is 2. The lowest BCUT2D eigenvalue weighted by Gasteiger charge is -2.12. The number of sulfone groups is 1. The van der Waals surface area contributed by atoms with Gasteiger partial charge < -0.3 is 10.6 Å². The molecule has 1 aromatic heterocycles. The number of benzene rings is 1. The van der Waals surface area contributed by atoms with Crippen molar-refractivity contribution in [3.8, 4) is 0 Å². The van der Waals surface area contributed by atoms with Gasteiger partial charge in [0.15, 0.2) is 9.84 Å². The normalized spacial score (nSPS) is 18.5. The Hall–Kier alpha value is -2.19. The highest BCUT2D eigenvalue weighted by Gasteiger charge is 2.29. The van der Waals surface area contributed by atoms with Crippen LogP contribution in [0.1, 0.15) is 28.2 Å². The molecule has 1 amide bonds. The molecule has 0 bridgehead atoms. The monoisotopic (exact) mass is 394 g/mol. The van der Waals surface area contributed by atoms with Gasteiger partial charge in [-0.25, -0.2) is 18.4 Å². The number of nitrogens with one attached hydrogen (secondary N) is 2. The van der Waals surface area contributed by atoms with Crippen molar-refractivity contribution in [2.75, 3.05) is 16.8 Å². The molecule has 0 radical (unpaired) electrons. The molecule has 1 atom stereocenters. The van der Waals surface area contributed by atoms with Gasteiger partial charge in [0.05, 0.1) is 11.5 Å². The molecule has 0 spiro atoms. The first-order valence-electron chi connectivity index (χ1n) is 8.12. The summed E-state index contributed by atoms with van der Waals surface area (Å²) < 4.78 is 23.0. The highest BCUT2D eigenvalue weighted by atomic mass is 35.5. The average Bonchev–Trinajstić information content (AvgIpc) is 2.89. The molecule has 26 heavy (non-hydrogen) atoms. The second-order valence-corrected chi connectivity index (χ2v) is 9.02. The number of aromatic nitrogens is 2. The molecule has 1 aliphatic rings. The number of amides is 1. The molecule has 3 rings (SSSR count). The van der Waals surface area contributed by atoms with Crippen molar-refractivity contribution in [3.63, 3.8) is 0 Å². The number of halogens is 1. The molecule has 1 saturated heterocycles. The second-order valence-electron chi connectivity index (χ2n) is 6.38. The maximum Gasteiger partial charge on any atom is 0.270 e. The third-order valence-electron chi connectivity index (χ3n) is 4.08. The minimum Gasteiger partial charge on any atom is -0.347 e. The van der Waals surface area contributed by atoms with Crippen molar-refractivity contribution in [2.24, 2.45) is 0 Å². The van der Waals surface area contributed by atoms with Crippen LogP contribution in [-0.4, -0.2) is 41.8 Å². The van der Waals surface area contributed by atoms with Crippen LogP contribution in [0.2, 0.25) is 5.02 Å². The molecule has 2 heterocycles. The third kappa shape index (κ3) is 4.50. The topological polar surface area (TPSA) is 101 Å².